The van der Waals surface area contributed by atoms with Gasteiger partial charge in [-0.2, -0.15) is 10.4 Å². The minimum atomic E-state index is 0.418. The van der Waals surface area contributed by atoms with Crippen molar-refractivity contribution in [1.29, 1.82) is 5.26 Å². The highest BCUT2D eigenvalue weighted by molar-refractivity contribution is 5.39. The van der Waals surface area contributed by atoms with Crippen LogP contribution in [0.3, 0.4) is 0 Å². The maximum Gasteiger partial charge on any atom is 0.142 e. The zero-order valence-electron chi connectivity index (χ0n) is 10.5. The van der Waals surface area contributed by atoms with Crippen molar-refractivity contribution in [3.05, 3.63) is 41.3 Å². The number of anilines is 1. The van der Waals surface area contributed by atoms with Gasteiger partial charge in [-0.1, -0.05) is 13.0 Å². The zero-order chi connectivity index (χ0) is 13.0. The zero-order valence-corrected chi connectivity index (χ0v) is 10.5. The van der Waals surface area contributed by atoms with Crippen molar-refractivity contribution in [2.24, 2.45) is 7.05 Å². The van der Waals surface area contributed by atoms with E-state index in [-0.39, 0.29) is 0 Å². The number of aromatic nitrogens is 3. The van der Waals surface area contributed by atoms with Crippen molar-refractivity contribution in [3.8, 4) is 6.07 Å². The Kier molecular flexibility index (Phi) is 3.58. The third-order valence-corrected chi connectivity index (χ3v) is 2.65. The molecule has 0 atom stereocenters. The first-order chi connectivity index (χ1) is 8.72. The molecular formula is C13H15N5. The minimum absolute atomic E-state index is 0.418. The Morgan fingerprint density at radius 2 is 2.28 bits per heavy atom. The molecule has 5 heteroatoms. The molecule has 5 nitrogen and oxygen atoms in total. The van der Waals surface area contributed by atoms with Crippen molar-refractivity contribution < 1.29 is 0 Å². The van der Waals surface area contributed by atoms with Gasteiger partial charge in [-0.05, 0) is 18.6 Å². The van der Waals surface area contributed by atoms with Crippen LogP contribution in [0.2, 0.25) is 0 Å². The number of hydrogen-bond donors (Lipinski definition) is 1. The molecule has 0 amide bonds. The van der Waals surface area contributed by atoms with Gasteiger partial charge in [0.2, 0.25) is 0 Å². The minimum Gasteiger partial charge on any atom is -0.366 e. The predicted octanol–water partition coefficient (Wildman–Crippen LogP) is 1.86. The van der Waals surface area contributed by atoms with Crippen LogP contribution in [0.15, 0.2) is 24.4 Å². The Morgan fingerprint density at radius 3 is 3.00 bits per heavy atom. The number of rotatable bonds is 4. The van der Waals surface area contributed by atoms with E-state index in [4.69, 9.17) is 5.26 Å². The number of pyridine rings is 1. The summed E-state index contributed by atoms with van der Waals surface area (Å²) in [5, 5.41) is 16.4. The molecule has 0 bridgehead atoms. The van der Waals surface area contributed by atoms with Gasteiger partial charge in [-0.25, -0.2) is 4.98 Å². The number of nitrogens with zero attached hydrogens (tertiary/aromatic N) is 4. The fourth-order valence-corrected chi connectivity index (χ4v) is 1.81. The third kappa shape index (κ3) is 2.66. The SMILES string of the molecule is CCc1nn(C)cc1CNc1cccc(C#N)n1. The molecule has 2 aromatic heterocycles. The molecule has 1 N–H and O–H groups in total. The molecule has 0 fully saturated rings. The van der Waals surface area contributed by atoms with Gasteiger partial charge >= 0.3 is 0 Å². The lowest BCUT2D eigenvalue weighted by Crippen LogP contribution is -2.03. The second-order valence-electron chi connectivity index (χ2n) is 4.00. The Balaban J connectivity index is 2.09. The second kappa shape index (κ2) is 5.32. The van der Waals surface area contributed by atoms with Crippen LogP contribution in [-0.2, 0) is 20.0 Å². The van der Waals surface area contributed by atoms with Gasteiger partial charge in [0.15, 0.2) is 0 Å². The molecule has 0 saturated heterocycles. The summed E-state index contributed by atoms with van der Waals surface area (Å²) >= 11 is 0. The molecule has 2 heterocycles. The van der Waals surface area contributed by atoms with E-state index in [1.54, 1.807) is 6.07 Å². The number of nitrogens with one attached hydrogen (secondary N) is 1. The molecule has 0 unspecified atom stereocenters. The van der Waals surface area contributed by atoms with E-state index in [1.165, 1.54) is 0 Å². The fraction of sp³-hybridized carbons (Fsp3) is 0.308. The summed E-state index contributed by atoms with van der Waals surface area (Å²) < 4.78 is 1.81. The number of hydrogen-bond acceptors (Lipinski definition) is 4. The average Bonchev–Trinajstić information content (AvgIpc) is 2.77. The van der Waals surface area contributed by atoms with Crippen molar-refractivity contribution in [3.63, 3.8) is 0 Å². The van der Waals surface area contributed by atoms with E-state index in [0.29, 0.717) is 18.1 Å². The highest BCUT2D eigenvalue weighted by Crippen LogP contribution is 2.10. The lowest BCUT2D eigenvalue weighted by Gasteiger charge is -2.04. The Labute approximate surface area is 106 Å². The fourth-order valence-electron chi connectivity index (χ4n) is 1.81. The smallest absolute Gasteiger partial charge is 0.142 e. The molecule has 2 aromatic rings. The molecule has 0 radical (unpaired) electrons. The Bertz CT molecular complexity index is 579. The normalized spacial score (nSPS) is 10.1. The molecule has 0 aliphatic heterocycles. The van der Waals surface area contributed by atoms with Gasteiger partial charge in [0.05, 0.1) is 5.69 Å². The maximum absolute atomic E-state index is 8.78. The first-order valence-corrected chi connectivity index (χ1v) is 5.85. The Morgan fingerprint density at radius 1 is 1.44 bits per heavy atom. The molecule has 0 saturated carbocycles. The first-order valence-electron chi connectivity index (χ1n) is 5.85. The van der Waals surface area contributed by atoms with Crippen molar-refractivity contribution in [1.82, 2.24) is 14.8 Å². The molecular weight excluding hydrogens is 226 g/mol. The third-order valence-electron chi connectivity index (χ3n) is 2.65. The number of aryl methyl sites for hydroxylation is 2. The van der Waals surface area contributed by atoms with E-state index in [1.807, 2.05) is 36.1 Å². The van der Waals surface area contributed by atoms with Crippen LogP contribution in [0.5, 0.6) is 0 Å². The van der Waals surface area contributed by atoms with Crippen LogP contribution < -0.4 is 5.32 Å². The van der Waals surface area contributed by atoms with E-state index in [2.05, 4.69) is 22.3 Å². The maximum atomic E-state index is 8.78. The number of nitriles is 1. The van der Waals surface area contributed by atoms with Gasteiger partial charge in [-0.3, -0.25) is 4.68 Å². The molecule has 0 spiro atoms. The monoisotopic (exact) mass is 241 g/mol. The van der Waals surface area contributed by atoms with Crippen LogP contribution in [0.1, 0.15) is 23.9 Å². The summed E-state index contributed by atoms with van der Waals surface area (Å²) in [7, 11) is 1.91. The summed E-state index contributed by atoms with van der Waals surface area (Å²) in [6.07, 6.45) is 2.91. The van der Waals surface area contributed by atoms with Gasteiger partial charge in [0.25, 0.3) is 0 Å². The van der Waals surface area contributed by atoms with Crippen LogP contribution in [0.4, 0.5) is 5.82 Å². The quantitative estimate of drug-likeness (QED) is 0.887. The molecule has 0 aliphatic carbocycles. The summed E-state index contributed by atoms with van der Waals surface area (Å²) in [5.74, 6) is 0.708. The van der Waals surface area contributed by atoms with E-state index in [9.17, 15) is 0 Å². The standard InChI is InChI=1S/C13H15N5/c1-3-12-10(9-18(2)17-12)8-15-13-6-4-5-11(7-14)16-13/h4-6,9H,3,8H2,1-2H3,(H,15,16). The Hall–Kier alpha value is -2.35. The molecule has 0 aromatic carbocycles. The van der Waals surface area contributed by atoms with Gasteiger partial charge < -0.3 is 5.32 Å². The molecule has 92 valence electrons. The summed E-state index contributed by atoms with van der Waals surface area (Å²) in [6.45, 7) is 2.75. The summed E-state index contributed by atoms with van der Waals surface area (Å²) in [6, 6.07) is 7.38. The van der Waals surface area contributed by atoms with Crippen molar-refractivity contribution >= 4 is 5.82 Å². The van der Waals surface area contributed by atoms with Crippen LogP contribution in [-0.4, -0.2) is 14.8 Å². The van der Waals surface area contributed by atoms with Gasteiger partial charge in [0.1, 0.15) is 17.6 Å². The van der Waals surface area contributed by atoms with Crippen molar-refractivity contribution in [2.75, 3.05) is 5.32 Å². The second-order valence-corrected chi connectivity index (χ2v) is 4.00. The van der Waals surface area contributed by atoms with Crippen LogP contribution in [0.25, 0.3) is 0 Å². The average molecular weight is 241 g/mol. The molecule has 18 heavy (non-hydrogen) atoms. The highest BCUT2D eigenvalue weighted by atomic mass is 15.3. The molecule has 0 aliphatic rings. The van der Waals surface area contributed by atoms with Gasteiger partial charge in [-0.15, -0.1) is 0 Å². The largest absolute Gasteiger partial charge is 0.366 e. The first kappa shape index (κ1) is 12.1. The van der Waals surface area contributed by atoms with Crippen molar-refractivity contribution in [2.45, 2.75) is 19.9 Å². The summed E-state index contributed by atoms with van der Waals surface area (Å²) in [5.41, 5.74) is 2.66. The topological polar surface area (TPSA) is 66.5 Å². The van der Waals surface area contributed by atoms with Gasteiger partial charge in [0, 0.05) is 25.4 Å². The lowest BCUT2D eigenvalue weighted by molar-refractivity contribution is 0.746. The predicted molar refractivity (Wildman–Crippen MR) is 68.9 cm³/mol. The van der Waals surface area contributed by atoms with E-state index < -0.39 is 0 Å². The highest BCUT2D eigenvalue weighted by Gasteiger charge is 2.05. The molecule has 2 rings (SSSR count). The lowest BCUT2D eigenvalue weighted by atomic mass is 10.2. The van der Waals surface area contributed by atoms with Crippen LogP contribution >= 0.6 is 0 Å². The van der Waals surface area contributed by atoms with E-state index >= 15 is 0 Å². The summed E-state index contributed by atoms with van der Waals surface area (Å²) in [4.78, 5) is 4.17. The van der Waals surface area contributed by atoms with Crippen LogP contribution in [0, 0.1) is 11.3 Å². The van der Waals surface area contributed by atoms with E-state index in [0.717, 1.165) is 17.7 Å².